The summed E-state index contributed by atoms with van der Waals surface area (Å²) in [5.41, 5.74) is 2.18. The molecule has 1 N–H and O–H groups in total. The largest absolute Gasteiger partial charge is 0.872 e. The average Bonchev–Trinajstić information content (AvgIpc) is 3.13. The molecule has 8 nitrogen and oxygen atoms in total. The van der Waals surface area contributed by atoms with E-state index in [4.69, 9.17) is 23.7 Å². The van der Waals surface area contributed by atoms with Crippen LogP contribution in [0.5, 0.6) is 28.7 Å². The third-order valence-electron chi connectivity index (χ3n) is 5.85. The number of carbonyl (C=O) groups excluding carboxylic acids is 1. The van der Waals surface area contributed by atoms with E-state index >= 15 is 0 Å². The number of morpholine rings is 1. The van der Waals surface area contributed by atoms with Crippen LogP contribution in [-0.2, 0) is 11.3 Å². The zero-order valence-corrected chi connectivity index (χ0v) is 18.7. The van der Waals surface area contributed by atoms with Gasteiger partial charge in [-0.2, -0.15) is 0 Å². The summed E-state index contributed by atoms with van der Waals surface area (Å²) in [5.74, 6) is 1.48. The summed E-state index contributed by atoms with van der Waals surface area (Å²) in [6.45, 7) is 5.17. The Balaban J connectivity index is 1.74. The van der Waals surface area contributed by atoms with Crippen molar-refractivity contribution in [1.82, 2.24) is 0 Å². The van der Waals surface area contributed by atoms with Crippen LogP contribution in [0, 0.1) is 6.92 Å². The van der Waals surface area contributed by atoms with Crippen LogP contribution in [0.4, 0.5) is 0 Å². The van der Waals surface area contributed by atoms with Crippen molar-refractivity contribution in [3.05, 3.63) is 46.2 Å². The minimum Gasteiger partial charge on any atom is -0.872 e. The molecule has 1 fully saturated rings. The highest BCUT2D eigenvalue weighted by molar-refractivity contribution is 6.16. The topological polar surface area (TPSA) is 90.7 Å². The van der Waals surface area contributed by atoms with Crippen LogP contribution in [0.3, 0.4) is 0 Å². The Labute approximate surface area is 186 Å². The second-order valence-corrected chi connectivity index (χ2v) is 7.78. The van der Waals surface area contributed by atoms with Gasteiger partial charge in [-0.15, -0.1) is 0 Å². The SMILES string of the molecule is COc1ccc(C=C2Oc3c(C[NH+]4CCOCC4)c([O-])cc(C)c3C2=O)c(OC)c1OC. The van der Waals surface area contributed by atoms with E-state index in [0.29, 0.717) is 65.0 Å². The number of ether oxygens (including phenoxy) is 5. The predicted octanol–water partition coefficient (Wildman–Crippen LogP) is 1.13. The fourth-order valence-corrected chi connectivity index (χ4v) is 4.20. The molecule has 2 aromatic carbocycles. The van der Waals surface area contributed by atoms with Gasteiger partial charge in [0, 0.05) is 11.1 Å². The van der Waals surface area contributed by atoms with Gasteiger partial charge in [-0.05, 0) is 30.7 Å². The van der Waals surface area contributed by atoms with Gasteiger partial charge in [0.15, 0.2) is 17.3 Å². The van der Waals surface area contributed by atoms with Crippen LogP contribution >= 0.6 is 0 Å². The molecule has 0 atom stereocenters. The summed E-state index contributed by atoms with van der Waals surface area (Å²) in [4.78, 5) is 14.5. The van der Waals surface area contributed by atoms with Gasteiger partial charge in [-0.1, -0.05) is 11.8 Å². The lowest BCUT2D eigenvalue weighted by Crippen LogP contribution is -3.12. The van der Waals surface area contributed by atoms with E-state index in [1.165, 1.54) is 32.3 Å². The molecule has 0 aliphatic carbocycles. The quantitative estimate of drug-likeness (QED) is 0.672. The summed E-state index contributed by atoms with van der Waals surface area (Å²) in [6, 6.07) is 5.02. The number of nitrogens with one attached hydrogen (secondary N) is 1. The first-order chi connectivity index (χ1) is 15.5. The van der Waals surface area contributed by atoms with Gasteiger partial charge in [0.25, 0.3) is 0 Å². The molecule has 4 rings (SSSR count). The number of fused-ring (bicyclic) bond motifs is 1. The van der Waals surface area contributed by atoms with E-state index < -0.39 is 0 Å². The fraction of sp³-hybridized carbons (Fsp3) is 0.375. The van der Waals surface area contributed by atoms with E-state index in [1.54, 1.807) is 25.1 Å². The number of methoxy groups -OCH3 is 3. The van der Waals surface area contributed by atoms with E-state index in [0.717, 1.165) is 13.1 Å². The van der Waals surface area contributed by atoms with E-state index in [2.05, 4.69) is 0 Å². The molecule has 0 unspecified atom stereocenters. The number of allylic oxidation sites excluding steroid dienone is 1. The minimum absolute atomic E-state index is 0.113. The van der Waals surface area contributed by atoms with Crippen LogP contribution < -0.4 is 29.0 Å². The molecule has 0 spiro atoms. The smallest absolute Gasteiger partial charge is 0.232 e. The third kappa shape index (κ3) is 3.87. The number of ketones is 1. The van der Waals surface area contributed by atoms with Gasteiger partial charge in [-0.25, -0.2) is 0 Å². The Hall–Kier alpha value is -3.23. The average molecular weight is 441 g/mol. The monoisotopic (exact) mass is 441 g/mol. The number of quaternary nitrogens is 1. The molecule has 2 aliphatic heterocycles. The molecule has 170 valence electrons. The predicted molar refractivity (Wildman–Crippen MR) is 115 cm³/mol. The molecular weight excluding hydrogens is 414 g/mol. The van der Waals surface area contributed by atoms with E-state index in [-0.39, 0.29) is 17.3 Å². The van der Waals surface area contributed by atoms with Crippen LogP contribution in [0.15, 0.2) is 24.0 Å². The fourth-order valence-electron chi connectivity index (χ4n) is 4.20. The van der Waals surface area contributed by atoms with E-state index in [9.17, 15) is 9.90 Å². The van der Waals surface area contributed by atoms with Crippen molar-refractivity contribution in [2.24, 2.45) is 0 Å². The van der Waals surface area contributed by atoms with Gasteiger partial charge >= 0.3 is 0 Å². The zero-order chi connectivity index (χ0) is 22.8. The number of rotatable bonds is 6. The van der Waals surface area contributed by atoms with Crippen LogP contribution in [0.1, 0.15) is 27.0 Å². The van der Waals surface area contributed by atoms with Crippen molar-refractivity contribution >= 4 is 11.9 Å². The van der Waals surface area contributed by atoms with Gasteiger partial charge in [0.2, 0.25) is 11.5 Å². The highest BCUT2D eigenvalue weighted by Gasteiger charge is 2.33. The van der Waals surface area contributed by atoms with Crippen molar-refractivity contribution < 1.29 is 38.5 Å². The van der Waals surface area contributed by atoms with Crippen LogP contribution in [0.2, 0.25) is 0 Å². The maximum absolute atomic E-state index is 13.2. The Kier molecular flexibility index (Phi) is 6.25. The number of benzene rings is 2. The maximum atomic E-state index is 13.2. The normalized spacial score (nSPS) is 17.2. The molecule has 0 radical (unpaired) electrons. The highest BCUT2D eigenvalue weighted by atomic mass is 16.5. The first-order valence-corrected chi connectivity index (χ1v) is 10.5. The zero-order valence-electron chi connectivity index (χ0n) is 18.7. The van der Waals surface area contributed by atoms with Gasteiger partial charge < -0.3 is 33.7 Å². The summed E-state index contributed by atoms with van der Waals surface area (Å²) in [5, 5.41) is 12.8. The summed E-state index contributed by atoms with van der Waals surface area (Å²) < 4.78 is 27.7. The second kappa shape index (κ2) is 9.10. The lowest BCUT2D eigenvalue weighted by atomic mass is 9.99. The highest BCUT2D eigenvalue weighted by Crippen LogP contribution is 2.43. The molecular formula is C24H27NO7. The first kappa shape index (κ1) is 22.0. The number of hydrogen-bond acceptors (Lipinski definition) is 7. The molecule has 0 aromatic heterocycles. The molecule has 0 bridgehead atoms. The summed E-state index contributed by atoms with van der Waals surface area (Å²) >= 11 is 0. The van der Waals surface area contributed by atoms with Crippen molar-refractivity contribution in [3.63, 3.8) is 0 Å². The first-order valence-electron chi connectivity index (χ1n) is 10.5. The van der Waals surface area contributed by atoms with Crippen molar-refractivity contribution in [1.29, 1.82) is 0 Å². The lowest BCUT2D eigenvalue weighted by Gasteiger charge is -2.26. The maximum Gasteiger partial charge on any atom is 0.232 e. The van der Waals surface area contributed by atoms with Crippen molar-refractivity contribution in [2.75, 3.05) is 47.6 Å². The second-order valence-electron chi connectivity index (χ2n) is 7.78. The Morgan fingerprint density at radius 2 is 1.81 bits per heavy atom. The Morgan fingerprint density at radius 3 is 2.47 bits per heavy atom. The third-order valence-corrected chi connectivity index (χ3v) is 5.85. The number of hydrogen-bond donors (Lipinski definition) is 1. The molecule has 2 aliphatic rings. The molecule has 2 aromatic rings. The Bertz CT molecular complexity index is 1070. The molecule has 2 heterocycles. The van der Waals surface area contributed by atoms with Gasteiger partial charge in [-0.3, -0.25) is 4.79 Å². The van der Waals surface area contributed by atoms with Gasteiger partial charge in [0.1, 0.15) is 25.4 Å². The molecule has 32 heavy (non-hydrogen) atoms. The number of Topliss-reactive ketones (excluding diaryl/α,β-unsaturated/α-hetero) is 1. The Morgan fingerprint density at radius 1 is 1.09 bits per heavy atom. The number of aryl methyl sites for hydroxylation is 1. The molecule has 0 saturated carbocycles. The van der Waals surface area contributed by atoms with Crippen LogP contribution in [0.25, 0.3) is 6.08 Å². The summed E-state index contributed by atoms with van der Waals surface area (Å²) in [6.07, 6.45) is 1.61. The molecule has 8 heteroatoms. The van der Waals surface area contributed by atoms with E-state index in [1.807, 2.05) is 0 Å². The summed E-state index contributed by atoms with van der Waals surface area (Å²) in [7, 11) is 4.57. The van der Waals surface area contributed by atoms with Crippen molar-refractivity contribution in [2.45, 2.75) is 13.5 Å². The van der Waals surface area contributed by atoms with Gasteiger partial charge in [0.05, 0.1) is 40.1 Å². The minimum atomic E-state index is -0.257. The molecule has 1 saturated heterocycles. The van der Waals surface area contributed by atoms with Crippen molar-refractivity contribution in [3.8, 4) is 28.7 Å². The van der Waals surface area contributed by atoms with Crippen LogP contribution in [-0.4, -0.2) is 53.4 Å². The number of carbonyl (C=O) groups is 1. The standard InChI is InChI=1S/C24H27NO7/c1-14-11-17(26)16(13-25-7-9-31-10-8-25)23-20(14)21(27)19(32-23)12-15-5-6-18(28-2)24(30-4)22(15)29-3/h5-6,11-12,26H,7-10,13H2,1-4H3. The molecule has 0 amide bonds. The lowest BCUT2D eigenvalue weighted by molar-refractivity contribution is -0.921.